The number of ether oxygens (including phenoxy) is 1. The Morgan fingerprint density at radius 3 is 2.54 bits per heavy atom. The molecular weight excluding hydrogens is 175 g/mol. The number of carboxylic acids is 1. The van der Waals surface area contributed by atoms with Crippen molar-refractivity contribution in [3.8, 4) is 0 Å². The molecule has 0 aromatic rings. The molecule has 0 fully saturated rings. The summed E-state index contributed by atoms with van der Waals surface area (Å²) in [5.74, 6) is -2.11. The highest BCUT2D eigenvalue weighted by atomic mass is 19.1. The number of rotatable bonds is 5. The van der Waals surface area contributed by atoms with Gasteiger partial charge in [-0.1, -0.05) is 19.2 Å². The summed E-state index contributed by atoms with van der Waals surface area (Å²) in [5.41, 5.74) is -0.0423. The monoisotopic (exact) mass is 186 g/mol. The molecule has 3 nitrogen and oxygen atoms in total. The zero-order chi connectivity index (χ0) is 10.4. The molecule has 0 radical (unpaired) electrons. The Morgan fingerprint density at radius 1 is 1.69 bits per heavy atom. The van der Waals surface area contributed by atoms with Crippen LogP contribution in [0.4, 0.5) is 4.39 Å². The van der Waals surface area contributed by atoms with E-state index in [1.165, 1.54) is 7.11 Å². The maximum absolute atomic E-state index is 13.1. The molecule has 0 rings (SSSR count). The number of allylic oxidation sites excluding steroid dienone is 2. The molecule has 0 spiro atoms. The molecule has 0 aromatic heterocycles. The number of carbonyl (C=O) groups is 1. The summed E-state index contributed by atoms with van der Waals surface area (Å²) in [6.07, 6.45) is 0.700. The lowest BCUT2D eigenvalue weighted by Gasteiger charge is -2.04. The van der Waals surface area contributed by atoms with E-state index in [2.05, 4.69) is 17.9 Å². The second-order valence-electron chi connectivity index (χ2n) is 2.24. The SMILES string of the molecule is C=C/C(CC(=O)O)=C(/F)C(=C)OC. The second kappa shape index (κ2) is 5.13. The van der Waals surface area contributed by atoms with Crippen LogP contribution >= 0.6 is 0 Å². The van der Waals surface area contributed by atoms with Crippen LogP contribution in [0.15, 0.2) is 36.4 Å². The first-order valence-corrected chi connectivity index (χ1v) is 3.49. The number of methoxy groups -OCH3 is 1. The van der Waals surface area contributed by atoms with Crippen molar-refractivity contribution in [2.24, 2.45) is 0 Å². The number of aliphatic carboxylic acids is 1. The third-order valence-corrected chi connectivity index (χ3v) is 1.36. The molecule has 0 bridgehead atoms. The molecule has 0 aromatic carbocycles. The summed E-state index contributed by atoms with van der Waals surface area (Å²) in [6, 6.07) is 0. The van der Waals surface area contributed by atoms with Crippen molar-refractivity contribution in [3.05, 3.63) is 36.4 Å². The predicted octanol–water partition coefficient (Wildman–Crippen LogP) is 2.03. The minimum absolute atomic E-state index is 0.0423. The van der Waals surface area contributed by atoms with Crippen LogP contribution in [-0.4, -0.2) is 18.2 Å². The van der Waals surface area contributed by atoms with Gasteiger partial charge in [0.25, 0.3) is 0 Å². The standard InChI is InChI=1S/C9H11FO3/c1-4-7(5-8(11)12)9(10)6(2)13-3/h4H,1-2,5H2,3H3,(H,11,12)/b9-7-. The fourth-order valence-electron chi connectivity index (χ4n) is 0.671. The topological polar surface area (TPSA) is 46.5 Å². The van der Waals surface area contributed by atoms with Crippen molar-refractivity contribution >= 4 is 5.97 Å². The number of hydrogen-bond acceptors (Lipinski definition) is 2. The van der Waals surface area contributed by atoms with Gasteiger partial charge in [0.15, 0.2) is 5.83 Å². The lowest BCUT2D eigenvalue weighted by atomic mass is 10.1. The normalized spacial score (nSPS) is 11.5. The highest BCUT2D eigenvalue weighted by molar-refractivity contribution is 5.71. The third kappa shape index (κ3) is 3.55. The lowest BCUT2D eigenvalue weighted by molar-refractivity contribution is -0.136. The van der Waals surface area contributed by atoms with E-state index in [1.54, 1.807) is 0 Å². The molecule has 0 aliphatic carbocycles. The molecule has 1 N–H and O–H groups in total. The molecule has 72 valence electrons. The average Bonchev–Trinajstić information content (AvgIpc) is 2.11. The van der Waals surface area contributed by atoms with E-state index >= 15 is 0 Å². The van der Waals surface area contributed by atoms with Gasteiger partial charge >= 0.3 is 5.97 Å². The van der Waals surface area contributed by atoms with Crippen LogP contribution < -0.4 is 0 Å². The van der Waals surface area contributed by atoms with Crippen molar-refractivity contribution in [1.29, 1.82) is 0 Å². The first-order valence-electron chi connectivity index (χ1n) is 3.49. The van der Waals surface area contributed by atoms with Crippen LogP contribution in [0.25, 0.3) is 0 Å². The minimum atomic E-state index is -1.13. The first-order chi connectivity index (χ1) is 6.02. The van der Waals surface area contributed by atoms with Gasteiger partial charge in [0.1, 0.15) is 5.76 Å². The maximum Gasteiger partial charge on any atom is 0.307 e. The lowest BCUT2D eigenvalue weighted by Crippen LogP contribution is -1.99. The summed E-state index contributed by atoms with van der Waals surface area (Å²) >= 11 is 0. The molecule has 4 heteroatoms. The van der Waals surface area contributed by atoms with E-state index in [1.807, 2.05) is 0 Å². The Morgan fingerprint density at radius 2 is 2.23 bits per heavy atom. The Kier molecular flexibility index (Phi) is 4.51. The minimum Gasteiger partial charge on any atom is -0.494 e. The third-order valence-electron chi connectivity index (χ3n) is 1.36. The molecule has 0 saturated heterocycles. The van der Waals surface area contributed by atoms with Gasteiger partial charge in [-0.05, 0) is 0 Å². The zero-order valence-corrected chi connectivity index (χ0v) is 7.34. The summed E-state index contributed by atoms with van der Waals surface area (Å²) in [7, 11) is 1.25. The van der Waals surface area contributed by atoms with Crippen LogP contribution in [0.1, 0.15) is 6.42 Å². The van der Waals surface area contributed by atoms with Crippen molar-refractivity contribution in [2.75, 3.05) is 7.11 Å². The molecule has 0 aliphatic heterocycles. The molecule has 0 unspecified atom stereocenters. The Hall–Kier alpha value is -1.58. The fraction of sp³-hybridized carbons (Fsp3) is 0.222. The van der Waals surface area contributed by atoms with E-state index in [0.29, 0.717) is 0 Å². The summed E-state index contributed by atoms with van der Waals surface area (Å²) < 4.78 is 17.7. The Labute approximate surface area is 75.8 Å². The molecular formula is C9H11FO3. The van der Waals surface area contributed by atoms with Gasteiger partial charge in [-0.2, -0.15) is 0 Å². The molecule has 0 heterocycles. The van der Waals surface area contributed by atoms with Gasteiger partial charge in [-0.3, -0.25) is 4.79 Å². The van der Waals surface area contributed by atoms with E-state index in [-0.39, 0.29) is 11.3 Å². The van der Waals surface area contributed by atoms with Crippen molar-refractivity contribution in [3.63, 3.8) is 0 Å². The van der Waals surface area contributed by atoms with Crippen molar-refractivity contribution < 1.29 is 19.0 Å². The fourth-order valence-corrected chi connectivity index (χ4v) is 0.671. The molecule has 0 amide bonds. The van der Waals surface area contributed by atoms with E-state index in [0.717, 1.165) is 6.08 Å². The van der Waals surface area contributed by atoms with E-state index in [4.69, 9.17) is 5.11 Å². The largest absolute Gasteiger partial charge is 0.494 e. The summed E-state index contributed by atoms with van der Waals surface area (Å²) in [6.45, 7) is 6.55. The van der Waals surface area contributed by atoms with Crippen molar-refractivity contribution in [1.82, 2.24) is 0 Å². The smallest absolute Gasteiger partial charge is 0.307 e. The second-order valence-corrected chi connectivity index (χ2v) is 2.24. The van der Waals surface area contributed by atoms with Crippen LogP contribution in [0.2, 0.25) is 0 Å². The van der Waals surface area contributed by atoms with Gasteiger partial charge in [0.05, 0.1) is 13.5 Å². The molecule has 0 atom stereocenters. The van der Waals surface area contributed by atoms with Crippen LogP contribution in [-0.2, 0) is 9.53 Å². The number of carboxylic acid groups (broad SMARTS) is 1. The van der Waals surface area contributed by atoms with E-state index < -0.39 is 18.2 Å². The van der Waals surface area contributed by atoms with Crippen LogP contribution in [0.3, 0.4) is 0 Å². The van der Waals surface area contributed by atoms with Crippen LogP contribution in [0, 0.1) is 0 Å². The highest BCUT2D eigenvalue weighted by Gasteiger charge is 2.10. The van der Waals surface area contributed by atoms with Gasteiger partial charge < -0.3 is 9.84 Å². The average molecular weight is 186 g/mol. The van der Waals surface area contributed by atoms with Gasteiger partial charge in [-0.15, -0.1) is 0 Å². The zero-order valence-electron chi connectivity index (χ0n) is 7.34. The number of hydrogen-bond donors (Lipinski definition) is 1. The molecule has 13 heavy (non-hydrogen) atoms. The first kappa shape index (κ1) is 11.4. The Bertz CT molecular complexity index is 266. The van der Waals surface area contributed by atoms with Gasteiger partial charge in [0, 0.05) is 5.57 Å². The van der Waals surface area contributed by atoms with Crippen molar-refractivity contribution in [2.45, 2.75) is 6.42 Å². The number of halogens is 1. The summed E-state index contributed by atoms with van der Waals surface area (Å²) in [5, 5.41) is 8.40. The summed E-state index contributed by atoms with van der Waals surface area (Å²) in [4.78, 5) is 10.3. The maximum atomic E-state index is 13.1. The highest BCUT2D eigenvalue weighted by Crippen LogP contribution is 2.18. The molecule has 0 saturated carbocycles. The molecule has 0 aliphatic rings. The predicted molar refractivity (Wildman–Crippen MR) is 46.7 cm³/mol. The Balaban J connectivity index is 4.78. The van der Waals surface area contributed by atoms with Crippen LogP contribution in [0.5, 0.6) is 0 Å². The van der Waals surface area contributed by atoms with Gasteiger partial charge in [0.2, 0.25) is 0 Å². The van der Waals surface area contributed by atoms with E-state index in [9.17, 15) is 9.18 Å². The van der Waals surface area contributed by atoms with Gasteiger partial charge in [-0.25, -0.2) is 4.39 Å². The quantitative estimate of drug-likeness (QED) is 0.527.